The van der Waals surface area contributed by atoms with E-state index in [-0.39, 0.29) is 42.7 Å². The third kappa shape index (κ3) is 4.08. The number of fused-ring (bicyclic) bond motifs is 2. The first-order valence-corrected chi connectivity index (χ1v) is 12.1. The number of hydrogen-bond acceptors (Lipinski definition) is 7. The van der Waals surface area contributed by atoms with Crippen LogP contribution in [0, 0.1) is 27.8 Å². The third-order valence-corrected chi connectivity index (χ3v) is 7.62. The second-order valence-electron chi connectivity index (χ2n) is 9.76. The average Bonchev–Trinajstić information content (AvgIpc) is 3.62. The normalized spacial score (nSPS) is 22.0. The number of carbonyl (C=O) groups excluding carboxylic acids is 3. The Labute approximate surface area is 211 Å². The maximum Gasteiger partial charge on any atom is 0.418 e. The number of imide groups is 1. The van der Waals surface area contributed by atoms with Crippen LogP contribution in [0.4, 0.5) is 14.9 Å². The molecule has 5 rings (SSSR count). The number of rotatable bonds is 8. The number of nitro groups is 1. The summed E-state index contributed by atoms with van der Waals surface area (Å²) < 4.78 is 24.2. The molecule has 1 saturated carbocycles. The van der Waals surface area contributed by atoms with Crippen LogP contribution in [-0.2, 0) is 32.9 Å². The van der Waals surface area contributed by atoms with Crippen LogP contribution in [0.2, 0.25) is 0 Å². The fourth-order valence-corrected chi connectivity index (χ4v) is 5.50. The first-order valence-electron chi connectivity index (χ1n) is 12.1. The van der Waals surface area contributed by atoms with Gasteiger partial charge in [-0.05, 0) is 54.9 Å². The highest BCUT2D eigenvalue weighted by molar-refractivity contribution is 6.07. The van der Waals surface area contributed by atoms with E-state index in [1.807, 2.05) is 6.92 Å². The summed E-state index contributed by atoms with van der Waals surface area (Å²) in [6.45, 7) is 1.93. The van der Waals surface area contributed by atoms with Crippen LogP contribution in [0.5, 0.6) is 5.75 Å². The molecular formula is C26H26FN3O7. The number of halogens is 1. The fraction of sp³-hybridized carbons (Fsp3) is 0.423. The molecule has 2 aromatic carbocycles. The first-order chi connectivity index (χ1) is 17.7. The van der Waals surface area contributed by atoms with E-state index in [9.17, 15) is 28.9 Å². The summed E-state index contributed by atoms with van der Waals surface area (Å²) in [4.78, 5) is 52.3. The summed E-state index contributed by atoms with van der Waals surface area (Å²) in [5, 5.41) is 14.2. The summed E-state index contributed by atoms with van der Waals surface area (Å²) in [5.74, 6) is -1.68. The van der Waals surface area contributed by atoms with Crippen molar-refractivity contribution < 1.29 is 33.2 Å². The zero-order valence-electron chi connectivity index (χ0n) is 20.4. The van der Waals surface area contributed by atoms with Gasteiger partial charge in [0.2, 0.25) is 17.3 Å². The van der Waals surface area contributed by atoms with E-state index in [0.717, 1.165) is 17.7 Å². The molecule has 2 aromatic rings. The molecule has 1 saturated heterocycles. The quantitative estimate of drug-likeness (QED) is 0.424. The maximum atomic E-state index is 13.9. The van der Waals surface area contributed by atoms with Crippen LogP contribution in [0.3, 0.4) is 0 Å². The molecule has 194 valence electrons. The highest BCUT2D eigenvalue weighted by atomic mass is 19.1. The van der Waals surface area contributed by atoms with Crippen molar-refractivity contribution in [1.82, 2.24) is 10.2 Å². The van der Waals surface area contributed by atoms with Crippen molar-refractivity contribution in [3.8, 4) is 5.75 Å². The minimum atomic E-state index is -1.67. The summed E-state index contributed by atoms with van der Waals surface area (Å²) in [6, 6.07) is 7.21. The van der Waals surface area contributed by atoms with E-state index >= 15 is 0 Å². The van der Waals surface area contributed by atoms with Gasteiger partial charge in [0, 0.05) is 30.2 Å². The summed E-state index contributed by atoms with van der Waals surface area (Å²) in [6.07, 6.45) is 1.16. The topological polar surface area (TPSA) is 128 Å². The van der Waals surface area contributed by atoms with Crippen LogP contribution in [0.25, 0.3) is 0 Å². The molecular weight excluding hydrogens is 485 g/mol. The van der Waals surface area contributed by atoms with Gasteiger partial charge in [0.25, 0.3) is 5.91 Å². The molecule has 3 aliphatic rings. The number of amides is 3. The Bertz CT molecular complexity index is 1290. The van der Waals surface area contributed by atoms with E-state index in [4.69, 9.17) is 9.47 Å². The Balaban J connectivity index is 1.46. The molecule has 2 fully saturated rings. The van der Waals surface area contributed by atoms with Crippen molar-refractivity contribution in [1.29, 1.82) is 0 Å². The predicted molar refractivity (Wildman–Crippen MR) is 127 cm³/mol. The molecule has 2 aliphatic carbocycles. The molecule has 0 radical (unpaired) electrons. The summed E-state index contributed by atoms with van der Waals surface area (Å²) in [5.41, 5.74) is -0.481. The molecule has 0 bridgehead atoms. The van der Waals surface area contributed by atoms with E-state index in [1.54, 1.807) is 12.1 Å². The molecule has 11 heteroatoms. The molecule has 1 aliphatic heterocycles. The monoisotopic (exact) mass is 511 g/mol. The second-order valence-corrected chi connectivity index (χ2v) is 9.76. The number of nitro benzene ring substituents is 1. The van der Waals surface area contributed by atoms with Crippen LogP contribution in [0.15, 0.2) is 36.4 Å². The highest BCUT2D eigenvalue weighted by Crippen LogP contribution is 2.51. The molecule has 1 N–H and O–H groups in total. The smallest absolute Gasteiger partial charge is 0.418 e. The Morgan fingerprint density at radius 3 is 2.59 bits per heavy atom. The molecule has 1 heterocycles. The van der Waals surface area contributed by atoms with Crippen LogP contribution in [-0.4, -0.2) is 40.9 Å². The van der Waals surface area contributed by atoms with Crippen LogP contribution < -0.4 is 10.1 Å². The lowest BCUT2D eigenvalue weighted by Gasteiger charge is -2.29. The Kier molecular flexibility index (Phi) is 6.09. The number of carbonyl (C=O) groups is 3. The van der Waals surface area contributed by atoms with E-state index in [2.05, 4.69) is 5.32 Å². The van der Waals surface area contributed by atoms with Gasteiger partial charge >= 0.3 is 11.8 Å². The van der Waals surface area contributed by atoms with Crippen LogP contribution >= 0.6 is 0 Å². The van der Waals surface area contributed by atoms with Gasteiger partial charge in [0.1, 0.15) is 11.9 Å². The minimum absolute atomic E-state index is 0.0293. The SMILES string of the molecule is COc1c([N+](=O)[O-])ccc2c1CCC21OC(=O)N(C(C(=O)NCc2ccc(F)cc2)[C@@H](C)C2CC2)C1=O. The van der Waals surface area contributed by atoms with Crippen molar-refractivity contribution in [3.05, 3.63) is 69.0 Å². The van der Waals surface area contributed by atoms with Crippen molar-refractivity contribution in [3.63, 3.8) is 0 Å². The van der Waals surface area contributed by atoms with Gasteiger partial charge in [-0.2, -0.15) is 0 Å². The number of hydrogen-bond donors (Lipinski definition) is 1. The van der Waals surface area contributed by atoms with Crippen molar-refractivity contribution in [2.24, 2.45) is 11.8 Å². The Morgan fingerprint density at radius 1 is 1.27 bits per heavy atom. The lowest BCUT2D eigenvalue weighted by molar-refractivity contribution is -0.385. The predicted octanol–water partition coefficient (Wildman–Crippen LogP) is 3.59. The summed E-state index contributed by atoms with van der Waals surface area (Å²) in [7, 11) is 1.31. The molecule has 3 amide bonds. The van der Waals surface area contributed by atoms with Crippen molar-refractivity contribution in [2.75, 3.05) is 7.11 Å². The number of methoxy groups -OCH3 is 1. The van der Waals surface area contributed by atoms with E-state index < -0.39 is 40.3 Å². The zero-order valence-corrected chi connectivity index (χ0v) is 20.4. The number of ether oxygens (including phenoxy) is 2. The average molecular weight is 512 g/mol. The lowest BCUT2D eigenvalue weighted by Crippen LogP contribution is -2.54. The van der Waals surface area contributed by atoms with Gasteiger partial charge in [0.05, 0.1) is 12.0 Å². The van der Waals surface area contributed by atoms with Crippen molar-refractivity contribution in [2.45, 2.75) is 50.8 Å². The Morgan fingerprint density at radius 2 is 1.97 bits per heavy atom. The number of benzene rings is 2. The third-order valence-electron chi connectivity index (χ3n) is 7.62. The molecule has 3 atom stereocenters. The Hall–Kier alpha value is -4.02. The van der Waals surface area contributed by atoms with Gasteiger partial charge in [-0.25, -0.2) is 14.1 Å². The minimum Gasteiger partial charge on any atom is -0.490 e. The van der Waals surface area contributed by atoms with Gasteiger partial charge in [0.15, 0.2) is 0 Å². The van der Waals surface area contributed by atoms with Crippen LogP contribution in [0.1, 0.15) is 42.9 Å². The van der Waals surface area contributed by atoms with Gasteiger partial charge in [-0.3, -0.25) is 19.7 Å². The molecule has 2 unspecified atom stereocenters. The fourth-order valence-electron chi connectivity index (χ4n) is 5.50. The van der Waals surface area contributed by atoms with Gasteiger partial charge in [-0.1, -0.05) is 19.1 Å². The summed E-state index contributed by atoms with van der Waals surface area (Å²) >= 11 is 0. The first kappa shape index (κ1) is 24.7. The number of nitrogens with one attached hydrogen (secondary N) is 1. The molecule has 37 heavy (non-hydrogen) atoms. The molecule has 10 nitrogen and oxygen atoms in total. The highest BCUT2D eigenvalue weighted by Gasteiger charge is 2.62. The molecule has 1 spiro atoms. The largest absolute Gasteiger partial charge is 0.490 e. The lowest BCUT2D eigenvalue weighted by atomic mass is 9.90. The van der Waals surface area contributed by atoms with E-state index in [0.29, 0.717) is 16.7 Å². The second kappa shape index (κ2) is 9.13. The molecule has 0 aromatic heterocycles. The zero-order chi connectivity index (χ0) is 26.5. The van der Waals surface area contributed by atoms with Gasteiger partial charge in [-0.15, -0.1) is 0 Å². The number of nitrogens with zero attached hydrogens (tertiary/aromatic N) is 2. The maximum absolute atomic E-state index is 13.9. The van der Waals surface area contributed by atoms with Crippen molar-refractivity contribution >= 4 is 23.6 Å². The van der Waals surface area contributed by atoms with Gasteiger partial charge < -0.3 is 14.8 Å². The standard InChI is InChI=1S/C26H26FN3O7/c1-14(16-5-6-16)21(23(31)28-13-15-3-7-17(27)8-4-15)29-24(32)26(37-25(29)33)12-11-18-19(26)9-10-20(30(34)35)22(18)36-2/h3-4,7-10,14,16,21H,5-6,11-13H2,1-2H3,(H,28,31)/t14-,21?,26?/m0/s1. The van der Waals surface area contributed by atoms with E-state index in [1.165, 1.54) is 31.4 Å².